The first-order valence-electron chi connectivity index (χ1n) is 4.13. The Balaban J connectivity index is 2.49. The smallest absolute Gasteiger partial charge is 0.269 e. The second kappa shape index (κ2) is 3.02. The van der Waals surface area contributed by atoms with Gasteiger partial charge in [-0.15, -0.1) is 0 Å². The molecule has 0 aromatic heterocycles. The highest BCUT2D eigenvalue weighted by molar-refractivity contribution is 7.80. The molecule has 0 saturated carbocycles. The number of benzene rings is 1. The fourth-order valence-electron chi connectivity index (χ4n) is 1.57. The minimum Gasteiger partial charge on any atom is -0.339 e. The molecule has 0 spiro atoms. The van der Waals surface area contributed by atoms with Gasteiger partial charge < -0.3 is 4.90 Å². The molecular formula is C9H8N2O2S. The van der Waals surface area contributed by atoms with Crippen molar-refractivity contribution in [3.05, 3.63) is 33.9 Å². The van der Waals surface area contributed by atoms with E-state index in [4.69, 9.17) is 12.2 Å². The van der Waals surface area contributed by atoms with Gasteiger partial charge in [0.1, 0.15) is 0 Å². The van der Waals surface area contributed by atoms with E-state index in [2.05, 4.69) is 0 Å². The average molecular weight is 208 g/mol. The monoisotopic (exact) mass is 208 g/mol. The minimum absolute atomic E-state index is 0.127. The molecule has 1 aromatic rings. The molecule has 1 heterocycles. The van der Waals surface area contributed by atoms with Crippen molar-refractivity contribution >= 4 is 28.6 Å². The summed E-state index contributed by atoms with van der Waals surface area (Å²) in [6, 6.07) is 4.83. The van der Waals surface area contributed by atoms with Crippen LogP contribution in [0, 0.1) is 10.1 Å². The highest BCUT2D eigenvalue weighted by atomic mass is 32.1. The summed E-state index contributed by atoms with van der Waals surface area (Å²) >= 11 is 5.11. The van der Waals surface area contributed by atoms with Crippen molar-refractivity contribution in [3.63, 3.8) is 0 Å². The number of thiocarbonyl (C=S) groups is 1. The quantitative estimate of drug-likeness (QED) is 0.402. The molecule has 1 aromatic carbocycles. The van der Waals surface area contributed by atoms with Gasteiger partial charge in [0.05, 0.1) is 9.91 Å². The Morgan fingerprint density at radius 3 is 2.93 bits per heavy atom. The van der Waals surface area contributed by atoms with Gasteiger partial charge in [-0.05, 0) is 11.6 Å². The molecule has 0 radical (unpaired) electrons. The number of anilines is 1. The van der Waals surface area contributed by atoms with E-state index in [1.54, 1.807) is 12.1 Å². The van der Waals surface area contributed by atoms with E-state index in [1.807, 2.05) is 11.9 Å². The predicted octanol–water partition coefficient (Wildman–Crippen LogP) is 1.91. The summed E-state index contributed by atoms with van der Waals surface area (Å²) < 4.78 is 0. The summed E-state index contributed by atoms with van der Waals surface area (Å²) in [7, 11) is 1.88. The molecule has 14 heavy (non-hydrogen) atoms. The van der Waals surface area contributed by atoms with Crippen molar-refractivity contribution in [2.24, 2.45) is 0 Å². The number of likely N-dealkylation sites (N-methyl/N-ethyl adjacent to an activating group) is 1. The van der Waals surface area contributed by atoms with Gasteiger partial charge in [0.25, 0.3) is 5.69 Å². The number of hydrogen-bond acceptors (Lipinski definition) is 3. The van der Waals surface area contributed by atoms with Crippen molar-refractivity contribution < 1.29 is 4.92 Å². The third-order valence-electron chi connectivity index (χ3n) is 2.35. The van der Waals surface area contributed by atoms with E-state index in [0.717, 1.165) is 16.2 Å². The van der Waals surface area contributed by atoms with E-state index in [-0.39, 0.29) is 10.6 Å². The lowest BCUT2D eigenvalue weighted by Gasteiger charge is -2.11. The van der Waals surface area contributed by atoms with Gasteiger partial charge in [-0.2, -0.15) is 0 Å². The molecule has 0 amide bonds. The number of rotatable bonds is 1. The second-order valence-corrected chi connectivity index (χ2v) is 3.67. The zero-order chi connectivity index (χ0) is 10.3. The first kappa shape index (κ1) is 9.08. The van der Waals surface area contributed by atoms with E-state index in [1.165, 1.54) is 6.07 Å². The largest absolute Gasteiger partial charge is 0.339 e. The second-order valence-electron chi connectivity index (χ2n) is 3.20. The molecule has 0 aliphatic carbocycles. The predicted molar refractivity (Wildman–Crippen MR) is 57.8 cm³/mol. The SMILES string of the molecule is CN1C(=S)Cc2cc([N+](=O)[O-])ccc21. The maximum Gasteiger partial charge on any atom is 0.269 e. The highest BCUT2D eigenvalue weighted by Gasteiger charge is 2.22. The number of nitro benzene ring substituents is 1. The van der Waals surface area contributed by atoms with Crippen LogP contribution in [0.2, 0.25) is 0 Å². The van der Waals surface area contributed by atoms with Gasteiger partial charge in [-0.3, -0.25) is 10.1 Å². The number of fused-ring (bicyclic) bond motifs is 1. The molecule has 1 aliphatic rings. The molecule has 0 atom stereocenters. The Kier molecular flexibility index (Phi) is 1.96. The minimum atomic E-state index is -0.387. The number of non-ortho nitro benzene ring substituents is 1. The summed E-state index contributed by atoms with van der Waals surface area (Å²) in [5.41, 5.74) is 2.04. The lowest BCUT2D eigenvalue weighted by Crippen LogP contribution is -2.18. The Labute approximate surface area is 86.3 Å². The maximum absolute atomic E-state index is 10.5. The van der Waals surface area contributed by atoms with E-state index in [0.29, 0.717) is 6.42 Å². The average Bonchev–Trinajstić information content (AvgIpc) is 2.42. The van der Waals surface area contributed by atoms with Gasteiger partial charge in [-0.1, -0.05) is 12.2 Å². The summed E-state index contributed by atoms with van der Waals surface area (Å²) in [5, 5.41) is 10.5. The third kappa shape index (κ3) is 1.26. The van der Waals surface area contributed by atoms with Crippen molar-refractivity contribution in [1.29, 1.82) is 0 Å². The molecule has 0 fully saturated rings. The van der Waals surface area contributed by atoms with Gasteiger partial charge in [0.15, 0.2) is 0 Å². The molecule has 72 valence electrons. The first-order chi connectivity index (χ1) is 6.59. The molecule has 0 unspecified atom stereocenters. The molecular weight excluding hydrogens is 200 g/mol. The van der Waals surface area contributed by atoms with Crippen LogP contribution >= 0.6 is 12.2 Å². The topological polar surface area (TPSA) is 46.4 Å². The van der Waals surface area contributed by atoms with Crippen molar-refractivity contribution in [2.45, 2.75) is 6.42 Å². The van der Waals surface area contributed by atoms with E-state index in [9.17, 15) is 10.1 Å². The van der Waals surface area contributed by atoms with Crippen LogP contribution in [0.15, 0.2) is 18.2 Å². The van der Waals surface area contributed by atoms with Gasteiger partial charge in [0.2, 0.25) is 0 Å². The van der Waals surface area contributed by atoms with Crippen LogP contribution in [0.5, 0.6) is 0 Å². The van der Waals surface area contributed by atoms with Gasteiger partial charge in [-0.25, -0.2) is 0 Å². The Bertz CT molecular complexity index is 431. The summed E-state index contributed by atoms with van der Waals surface area (Å²) in [4.78, 5) is 12.8. The zero-order valence-corrected chi connectivity index (χ0v) is 8.37. The molecule has 1 aliphatic heterocycles. The van der Waals surface area contributed by atoms with Crippen molar-refractivity contribution in [3.8, 4) is 0 Å². The molecule has 2 rings (SSSR count). The van der Waals surface area contributed by atoms with Gasteiger partial charge >= 0.3 is 0 Å². The lowest BCUT2D eigenvalue weighted by molar-refractivity contribution is -0.384. The van der Waals surface area contributed by atoms with E-state index >= 15 is 0 Å². The molecule has 4 nitrogen and oxygen atoms in total. The van der Waals surface area contributed by atoms with Crippen LogP contribution in [0.25, 0.3) is 0 Å². The molecule has 5 heteroatoms. The fourth-order valence-corrected chi connectivity index (χ4v) is 1.82. The molecule has 0 bridgehead atoms. The Morgan fingerprint density at radius 1 is 1.57 bits per heavy atom. The number of nitro groups is 1. The number of nitrogens with zero attached hydrogens (tertiary/aromatic N) is 2. The van der Waals surface area contributed by atoms with Crippen LogP contribution in [0.1, 0.15) is 5.56 Å². The van der Waals surface area contributed by atoms with Crippen LogP contribution in [0.3, 0.4) is 0 Å². The first-order valence-corrected chi connectivity index (χ1v) is 4.54. The van der Waals surface area contributed by atoms with E-state index < -0.39 is 0 Å². The van der Waals surface area contributed by atoms with Crippen molar-refractivity contribution in [2.75, 3.05) is 11.9 Å². The highest BCUT2D eigenvalue weighted by Crippen LogP contribution is 2.31. The Hall–Kier alpha value is -1.49. The summed E-state index contributed by atoms with van der Waals surface area (Å²) in [6.45, 7) is 0. The van der Waals surface area contributed by atoms with Crippen molar-refractivity contribution in [1.82, 2.24) is 0 Å². The summed E-state index contributed by atoms with van der Waals surface area (Å²) in [5.74, 6) is 0. The standard InChI is InChI=1S/C9H8N2O2S/c1-10-8-3-2-7(11(12)13)4-6(8)5-9(10)14/h2-4H,5H2,1H3. The normalized spacial score (nSPS) is 14.4. The Morgan fingerprint density at radius 2 is 2.29 bits per heavy atom. The third-order valence-corrected chi connectivity index (χ3v) is 2.77. The van der Waals surface area contributed by atoms with Gasteiger partial charge in [0, 0.05) is 31.3 Å². The lowest BCUT2D eigenvalue weighted by atomic mass is 10.1. The molecule has 0 saturated heterocycles. The maximum atomic E-state index is 10.5. The van der Waals surface area contributed by atoms with Crippen LogP contribution in [-0.4, -0.2) is 17.0 Å². The van der Waals surface area contributed by atoms with Crippen LogP contribution < -0.4 is 4.90 Å². The molecule has 0 N–H and O–H groups in total. The number of hydrogen-bond donors (Lipinski definition) is 0. The van der Waals surface area contributed by atoms with Crippen LogP contribution in [-0.2, 0) is 6.42 Å². The zero-order valence-electron chi connectivity index (χ0n) is 7.56. The fraction of sp³-hybridized carbons (Fsp3) is 0.222. The van der Waals surface area contributed by atoms with Crippen LogP contribution in [0.4, 0.5) is 11.4 Å². The summed E-state index contributed by atoms with van der Waals surface area (Å²) in [6.07, 6.45) is 0.628.